The zero-order chi connectivity index (χ0) is 11.5. The van der Waals surface area contributed by atoms with Gasteiger partial charge in [0.2, 0.25) is 0 Å². The fourth-order valence-electron chi connectivity index (χ4n) is 1.68. The lowest BCUT2D eigenvalue weighted by molar-refractivity contribution is 0.0939. The van der Waals surface area contributed by atoms with Crippen LogP contribution in [0.5, 0.6) is 0 Å². The molecule has 1 heterocycles. The predicted octanol–water partition coefficient (Wildman–Crippen LogP) is 1.57. The summed E-state index contributed by atoms with van der Waals surface area (Å²) in [5.74, 6) is -0.830. The largest absolute Gasteiger partial charge is 0.348 e. The van der Waals surface area contributed by atoms with Crippen molar-refractivity contribution in [3.05, 3.63) is 34.6 Å². The van der Waals surface area contributed by atoms with Gasteiger partial charge in [-0.3, -0.25) is 4.79 Å². The summed E-state index contributed by atoms with van der Waals surface area (Å²) in [6.07, 6.45) is 0.905. The maximum Gasteiger partial charge on any atom is 0.251 e. The third-order valence-electron chi connectivity index (χ3n) is 2.58. The molecule has 0 saturated carbocycles. The Morgan fingerprint density at radius 3 is 3.00 bits per heavy atom. The molecule has 2 rings (SSSR count). The summed E-state index contributed by atoms with van der Waals surface area (Å²) in [6, 6.07) is 4.19. The molecule has 1 saturated heterocycles. The van der Waals surface area contributed by atoms with Gasteiger partial charge >= 0.3 is 0 Å². The molecule has 0 radical (unpaired) electrons. The van der Waals surface area contributed by atoms with Crippen LogP contribution in [-0.2, 0) is 0 Å². The van der Waals surface area contributed by atoms with Gasteiger partial charge in [0.15, 0.2) is 0 Å². The third kappa shape index (κ3) is 2.51. The molecule has 1 aliphatic rings. The highest BCUT2D eigenvalue weighted by Crippen LogP contribution is 2.15. The Morgan fingerprint density at radius 1 is 1.56 bits per heavy atom. The van der Waals surface area contributed by atoms with E-state index in [0.717, 1.165) is 25.6 Å². The standard InChI is InChI=1S/C11H12ClFN2O/c12-9-2-1-7(5-10(9)13)11(16)15-8-3-4-14-6-8/h1-2,5,8,14H,3-4,6H2,(H,15,16). The first-order chi connectivity index (χ1) is 7.66. The average Bonchev–Trinajstić information content (AvgIpc) is 2.74. The summed E-state index contributed by atoms with van der Waals surface area (Å²) in [6.45, 7) is 1.67. The second-order valence-corrected chi connectivity index (χ2v) is 4.20. The molecule has 0 aliphatic carbocycles. The second-order valence-electron chi connectivity index (χ2n) is 3.79. The minimum absolute atomic E-state index is 0.0269. The Morgan fingerprint density at radius 2 is 2.38 bits per heavy atom. The van der Waals surface area contributed by atoms with E-state index in [1.54, 1.807) is 0 Å². The van der Waals surface area contributed by atoms with Crippen molar-refractivity contribution in [3.63, 3.8) is 0 Å². The van der Waals surface area contributed by atoms with Crippen LogP contribution in [0.1, 0.15) is 16.8 Å². The van der Waals surface area contributed by atoms with Crippen molar-refractivity contribution in [2.45, 2.75) is 12.5 Å². The number of amides is 1. The van der Waals surface area contributed by atoms with E-state index in [-0.39, 0.29) is 17.0 Å². The summed E-state index contributed by atoms with van der Waals surface area (Å²) in [5, 5.41) is 6.00. The Labute approximate surface area is 98.0 Å². The van der Waals surface area contributed by atoms with Crippen LogP contribution in [0.4, 0.5) is 4.39 Å². The lowest BCUT2D eigenvalue weighted by atomic mass is 10.2. The molecular weight excluding hydrogens is 231 g/mol. The fourth-order valence-corrected chi connectivity index (χ4v) is 1.80. The van der Waals surface area contributed by atoms with Crippen LogP contribution in [0.25, 0.3) is 0 Å². The van der Waals surface area contributed by atoms with Gasteiger partial charge in [0, 0.05) is 18.2 Å². The molecule has 0 aromatic heterocycles. The van der Waals surface area contributed by atoms with E-state index in [1.807, 2.05) is 0 Å². The molecule has 86 valence electrons. The number of carbonyl (C=O) groups is 1. The highest BCUT2D eigenvalue weighted by Gasteiger charge is 2.17. The molecule has 5 heteroatoms. The van der Waals surface area contributed by atoms with Gasteiger partial charge in [-0.25, -0.2) is 4.39 Å². The van der Waals surface area contributed by atoms with Gasteiger partial charge in [-0.05, 0) is 31.2 Å². The van der Waals surface area contributed by atoms with Gasteiger partial charge in [-0.1, -0.05) is 11.6 Å². The van der Waals surface area contributed by atoms with Crippen LogP contribution in [0.2, 0.25) is 5.02 Å². The van der Waals surface area contributed by atoms with E-state index in [1.165, 1.54) is 12.1 Å². The average molecular weight is 243 g/mol. The van der Waals surface area contributed by atoms with Crippen LogP contribution >= 0.6 is 11.6 Å². The van der Waals surface area contributed by atoms with Crippen LogP contribution < -0.4 is 10.6 Å². The number of hydrogen-bond acceptors (Lipinski definition) is 2. The zero-order valence-electron chi connectivity index (χ0n) is 8.59. The van der Waals surface area contributed by atoms with E-state index in [2.05, 4.69) is 10.6 Å². The first-order valence-corrected chi connectivity index (χ1v) is 5.51. The maximum atomic E-state index is 13.1. The van der Waals surface area contributed by atoms with Crippen molar-refractivity contribution < 1.29 is 9.18 Å². The SMILES string of the molecule is O=C(NC1CCNC1)c1ccc(Cl)c(F)c1. The highest BCUT2D eigenvalue weighted by atomic mass is 35.5. The molecule has 1 amide bonds. The van der Waals surface area contributed by atoms with Crippen molar-refractivity contribution in [1.82, 2.24) is 10.6 Å². The lowest BCUT2D eigenvalue weighted by Crippen LogP contribution is -2.36. The van der Waals surface area contributed by atoms with Gasteiger partial charge in [0.1, 0.15) is 5.82 Å². The fraction of sp³-hybridized carbons (Fsp3) is 0.364. The molecule has 0 bridgehead atoms. The quantitative estimate of drug-likeness (QED) is 0.827. The Balaban J connectivity index is 2.05. The Bertz CT molecular complexity index is 405. The molecular formula is C11H12ClFN2O. The van der Waals surface area contributed by atoms with E-state index in [9.17, 15) is 9.18 Å². The number of halogens is 2. The summed E-state index contributed by atoms with van der Waals surface area (Å²) in [5.41, 5.74) is 0.300. The molecule has 3 nitrogen and oxygen atoms in total. The van der Waals surface area contributed by atoms with Gasteiger partial charge in [0.25, 0.3) is 5.91 Å². The number of hydrogen-bond donors (Lipinski definition) is 2. The molecule has 2 N–H and O–H groups in total. The summed E-state index contributed by atoms with van der Waals surface area (Å²) < 4.78 is 13.1. The molecule has 1 aromatic carbocycles. The van der Waals surface area contributed by atoms with Crippen molar-refractivity contribution in [3.8, 4) is 0 Å². The lowest BCUT2D eigenvalue weighted by Gasteiger charge is -2.11. The van der Waals surface area contributed by atoms with Crippen LogP contribution in [-0.4, -0.2) is 25.0 Å². The van der Waals surface area contributed by atoms with Crippen LogP contribution in [0.3, 0.4) is 0 Å². The molecule has 1 aromatic rings. The molecule has 1 fully saturated rings. The van der Waals surface area contributed by atoms with Crippen molar-refractivity contribution in [2.75, 3.05) is 13.1 Å². The zero-order valence-corrected chi connectivity index (χ0v) is 9.35. The molecule has 16 heavy (non-hydrogen) atoms. The number of carbonyl (C=O) groups excluding carboxylic acids is 1. The first kappa shape index (κ1) is 11.4. The van der Waals surface area contributed by atoms with Gasteiger partial charge in [-0.2, -0.15) is 0 Å². The smallest absolute Gasteiger partial charge is 0.251 e. The van der Waals surface area contributed by atoms with E-state index in [4.69, 9.17) is 11.6 Å². The monoisotopic (exact) mass is 242 g/mol. The van der Waals surface area contributed by atoms with Gasteiger partial charge in [-0.15, -0.1) is 0 Å². The maximum absolute atomic E-state index is 13.1. The molecule has 1 unspecified atom stereocenters. The highest BCUT2D eigenvalue weighted by molar-refractivity contribution is 6.30. The number of nitrogens with one attached hydrogen (secondary N) is 2. The van der Waals surface area contributed by atoms with Crippen molar-refractivity contribution in [1.29, 1.82) is 0 Å². The van der Waals surface area contributed by atoms with Gasteiger partial charge < -0.3 is 10.6 Å². The van der Waals surface area contributed by atoms with Crippen LogP contribution in [0.15, 0.2) is 18.2 Å². The second kappa shape index (κ2) is 4.80. The minimum atomic E-state index is -0.570. The normalized spacial score (nSPS) is 19.8. The Kier molecular flexibility index (Phi) is 3.41. The number of benzene rings is 1. The third-order valence-corrected chi connectivity index (χ3v) is 2.88. The molecule has 1 aliphatic heterocycles. The van der Waals surface area contributed by atoms with Crippen LogP contribution in [0, 0.1) is 5.82 Å². The number of rotatable bonds is 2. The van der Waals surface area contributed by atoms with E-state index >= 15 is 0 Å². The topological polar surface area (TPSA) is 41.1 Å². The minimum Gasteiger partial charge on any atom is -0.348 e. The summed E-state index contributed by atoms with van der Waals surface area (Å²) in [7, 11) is 0. The first-order valence-electron chi connectivity index (χ1n) is 5.13. The Hall–Kier alpha value is -1.13. The van der Waals surface area contributed by atoms with Crippen molar-refractivity contribution in [2.24, 2.45) is 0 Å². The van der Waals surface area contributed by atoms with Crippen molar-refractivity contribution >= 4 is 17.5 Å². The van der Waals surface area contributed by atoms with E-state index in [0.29, 0.717) is 5.56 Å². The van der Waals surface area contributed by atoms with Gasteiger partial charge in [0.05, 0.1) is 5.02 Å². The molecule has 1 atom stereocenters. The predicted molar refractivity (Wildman–Crippen MR) is 60.2 cm³/mol. The van der Waals surface area contributed by atoms with E-state index < -0.39 is 5.82 Å². The molecule has 0 spiro atoms. The summed E-state index contributed by atoms with van der Waals surface area (Å²) >= 11 is 5.54. The summed E-state index contributed by atoms with van der Waals surface area (Å²) in [4.78, 5) is 11.7.